The summed E-state index contributed by atoms with van der Waals surface area (Å²) in [4.78, 5) is 44.2. The fourth-order valence-electron chi connectivity index (χ4n) is 5.38. The van der Waals surface area contributed by atoms with Gasteiger partial charge in [-0.05, 0) is 56.5 Å². The van der Waals surface area contributed by atoms with Crippen LogP contribution in [0.3, 0.4) is 0 Å². The number of hydrogen-bond acceptors (Lipinski definition) is 7. The Bertz CT molecular complexity index is 1160. The Balaban J connectivity index is 1.40. The van der Waals surface area contributed by atoms with Crippen molar-refractivity contribution in [2.75, 3.05) is 48.5 Å². The summed E-state index contributed by atoms with van der Waals surface area (Å²) in [6.07, 6.45) is 2.33. The molecule has 0 radical (unpaired) electrons. The second-order valence-corrected chi connectivity index (χ2v) is 10.7. The highest BCUT2D eigenvalue weighted by molar-refractivity contribution is 8.02. The third-order valence-electron chi connectivity index (χ3n) is 7.18. The maximum atomic E-state index is 14.2. The van der Waals surface area contributed by atoms with E-state index in [1.54, 1.807) is 9.80 Å². The molecule has 3 aliphatic heterocycles. The molecule has 2 aromatic rings. The number of ether oxygens (including phenoxy) is 2. The molecule has 0 aliphatic carbocycles. The number of carbonyl (C=O) groups is 3. The van der Waals surface area contributed by atoms with Gasteiger partial charge in [-0.15, -0.1) is 11.8 Å². The number of esters is 1. The van der Waals surface area contributed by atoms with Gasteiger partial charge in [0.05, 0.1) is 37.2 Å². The second kappa shape index (κ2) is 10.8. The monoisotopic (exact) mass is 523 g/mol. The molecule has 37 heavy (non-hydrogen) atoms. The highest BCUT2D eigenvalue weighted by Gasteiger charge is 2.61. The van der Waals surface area contributed by atoms with E-state index in [4.69, 9.17) is 9.47 Å². The van der Waals surface area contributed by atoms with Crippen molar-refractivity contribution in [1.82, 2.24) is 4.90 Å². The number of thioether (sulfide) groups is 1. The van der Waals surface area contributed by atoms with Gasteiger partial charge >= 0.3 is 5.97 Å². The predicted octanol–water partition coefficient (Wildman–Crippen LogP) is 3.99. The van der Waals surface area contributed by atoms with E-state index in [2.05, 4.69) is 11.8 Å². The fraction of sp³-hybridized carbons (Fsp3) is 0.464. The van der Waals surface area contributed by atoms with Crippen molar-refractivity contribution < 1.29 is 23.9 Å². The number of benzene rings is 2. The molecule has 0 N–H and O–H groups in total. The molecule has 2 aromatic carbocycles. The smallest absolute Gasteiger partial charge is 0.309 e. The number of piperidine rings is 1. The first-order chi connectivity index (χ1) is 18.0. The van der Waals surface area contributed by atoms with Crippen molar-refractivity contribution in [3.8, 4) is 5.75 Å². The van der Waals surface area contributed by atoms with Crippen LogP contribution in [0.2, 0.25) is 0 Å². The van der Waals surface area contributed by atoms with Crippen molar-refractivity contribution in [2.45, 2.75) is 38.0 Å². The minimum absolute atomic E-state index is 0.0903. The number of hydrogen-bond donors (Lipinski definition) is 0. The summed E-state index contributed by atoms with van der Waals surface area (Å²) >= 11 is 1.38. The largest absolute Gasteiger partial charge is 0.494 e. The number of nitrogens with zero attached hydrogens (tertiary/aromatic N) is 3. The van der Waals surface area contributed by atoms with E-state index in [9.17, 15) is 14.4 Å². The number of amides is 2. The standard InChI is InChI=1S/C28H33N3O5S/c1-3-17-36-22-11-9-21(10-12-22)31-25(32)18-37-28(31)23-7-5-6-8-24(23)30(27(28)34)19-29-15-13-20(14-16-29)26(33)35-4-2/h5-12,20H,3-4,13-19H2,1-2H3/t28-/m0/s1. The minimum Gasteiger partial charge on any atom is -0.494 e. The van der Waals surface area contributed by atoms with Crippen LogP contribution in [0.1, 0.15) is 38.7 Å². The zero-order valence-electron chi connectivity index (χ0n) is 21.4. The van der Waals surface area contributed by atoms with E-state index in [1.807, 2.05) is 55.5 Å². The predicted molar refractivity (Wildman–Crippen MR) is 144 cm³/mol. The normalized spacial score (nSPS) is 22.1. The van der Waals surface area contributed by atoms with Crippen LogP contribution in [0.15, 0.2) is 48.5 Å². The van der Waals surface area contributed by atoms with Crippen LogP contribution in [0.4, 0.5) is 11.4 Å². The van der Waals surface area contributed by atoms with E-state index < -0.39 is 4.87 Å². The molecule has 3 aliphatic rings. The lowest BCUT2D eigenvalue weighted by atomic mass is 9.97. The highest BCUT2D eigenvalue weighted by Crippen LogP contribution is 2.55. The van der Waals surface area contributed by atoms with Gasteiger partial charge in [0.2, 0.25) is 10.8 Å². The molecule has 2 saturated heterocycles. The van der Waals surface area contributed by atoms with Gasteiger partial charge in [-0.3, -0.25) is 29.1 Å². The fourth-order valence-corrected chi connectivity index (χ4v) is 6.74. The first-order valence-electron chi connectivity index (χ1n) is 13.0. The Labute approximate surface area is 221 Å². The van der Waals surface area contributed by atoms with Crippen LogP contribution in [-0.2, 0) is 24.0 Å². The lowest BCUT2D eigenvalue weighted by Gasteiger charge is -2.36. The minimum atomic E-state index is -1.14. The summed E-state index contributed by atoms with van der Waals surface area (Å²) in [5, 5.41) is 0. The Hall–Kier alpha value is -3.04. The van der Waals surface area contributed by atoms with Crippen LogP contribution in [0.25, 0.3) is 0 Å². The van der Waals surface area contributed by atoms with Gasteiger partial charge in [-0.25, -0.2) is 0 Å². The Morgan fingerprint density at radius 1 is 1.05 bits per heavy atom. The summed E-state index contributed by atoms with van der Waals surface area (Å²) in [5.41, 5.74) is 2.35. The average molecular weight is 524 g/mol. The molecule has 2 amide bonds. The van der Waals surface area contributed by atoms with Gasteiger partial charge in [-0.1, -0.05) is 25.1 Å². The van der Waals surface area contributed by atoms with E-state index in [-0.39, 0.29) is 29.5 Å². The van der Waals surface area contributed by atoms with Gasteiger partial charge in [0.25, 0.3) is 5.91 Å². The summed E-state index contributed by atoms with van der Waals surface area (Å²) in [6, 6.07) is 15.2. The third kappa shape index (κ3) is 4.59. The van der Waals surface area contributed by atoms with Crippen LogP contribution >= 0.6 is 11.8 Å². The van der Waals surface area contributed by atoms with Crippen LogP contribution < -0.4 is 14.5 Å². The average Bonchev–Trinajstić information content (AvgIpc) is 3.39. The number of likely N-dealkylation sites (tertiary alicyclic amines) is 1. The molecule has 1 spiro atoms. The molecular formula is C28H33N3O5S. The summed E-state index contributed by atoms with van der Waals surface area (Å²) in [7, 11) is 0. The number of carbonyl (C=O) groups excluding carboxylic acids is 3. The molecule has 196 valence electrons. The molecule has 1 atom stereocenters. The van der Waals surface area contributed by atoms with Gasteiger partial charge < -0.3 is 9.47 Å². The number of fused-ring (bicyclic) bond motifs is 2. The van der Waals surface area contributed by atoms with Gasteiger partial charge in [-0.2, -0.15) is 0 Å². The van der Waals surface area contributed by atoms with Crippen LogP contribution in [0, 0.1) is 5.92 Å². The second-order valence-electron chi connectivity index (χ2n) is 9.54. The van der Waals surface area contributed by atoms with E-state index in [0.717, 1.165) is 23.4 Å². The molecule has 0 aromatic heterocycles. The topological polar surface area (TPSA) is 79.4 Å². The Kier molecular flexibility index (Phi) is 7.44. The van der Waals surface area contributed by atoms with Gasteiger partial charge in [0.15, 0.2) is 0 Å². The molecule has 2 fully saturated rings. The molecule has 5 rings (SSSR count). The molecule has 0 bridgehead atoms. The Morgan fingerprint density at radius 2 is 1.78 bits per heavy atom. The van der Waals surface area contributed by atoms with Crippen molar-refractivity contribution in [2.24, 2.45) is 5.92 Å². The summed E-state index contributed by atoms with van der Waals surface area (Å²) < 4.78 is 10.9. The van der Waals surface area contributed by atoms with E-state index in [1.165, 1.54) is 11.8 Å². The van der Waals surface area contributed by atoms with Crippen molar-refractivity contribution in [3.05, 3.63) is 54.1 Å². The molecule has 0 unspecified atom stereocenters. The van der Waals surface area contributed by atoms with Gasteiger partial charge in [0.1, 0.15) is 5.75 Å². The molecule has 3 heterocycles. The first-order valence-corrected chi connectivity index (χ1v) is 14.0. The molecule has 0 saturated carbocycles. The molecule has 9 heteroatoms. The highest BCUT2D eigenvalue weighted by atomic mass is 32.2. The van der Waals surface area contributed by atoms with E-state index in [0.29, 0.717) is 51.5 Å². The van der Waals surface area contributed by atoms with Crippen molar-refractivity contribution >= 4 is 40.9 Å². The zero-order chi connectivity index (χ0) is 26.0. The van der Waals surface area contributed by atoms with Crippen LogP contribution in [-0.4, -0.2) is 61.4 Å². The first kappa shape index (κ1) is 25.6. The van der Waals surface area contributed by atoms with Crippen molar-refractivity contribution in [3.63, 3.8) is 0 Å². The third-order valence-corrected chi connectivity index (χ3v) is 8.57. The molecular weight excluding hydrogens is 490 g/mol. The van der Waals surface area contributed by atoms with Gasteiger partial charge in [0, 0.05) is 24.3 Å². The molecule has 8 nitrogen and oxygen atoms in total. The lowest BCUT2D eigenvalue weighted by Crippen LogP contribution is -2.52. The SMILES string of the molecule is CCCOc1ccc(N2C(=O)CS[C@@]23C(=O)N(CN2CCC(C(=O)OCC)CC2)c2ccccc23)cc1. The van der Waals surface area contributed by atoms with Crippen molar-refractivity contribution in [1.29, 1.82) is 0 Å². The maximum Gasteiger partial charge on any atom is 0.309 e. The summed E-state index contributed by atoms with van der Waals surface area (Å²) in [5.74, 6) is 0.548. The number of anilines is 2. The number of para-hydroxylation sites is 1. The number of rotatable bonds is 8. The lowest BCUT2D eigenvalue weighted by molar-refractivity contribution is -0.149. The van der Waals surface area contributed by atoms with Crippen LogP contribution in [0.5, 0.6) is 5.75 Å². The Morgan fingerprint density at radius 3 is 2.49 bits per heavy atom. The van der Waals surface area contributed by atoms with E-state index >= 15 is 0 Å². The zero-order valence-corrected chi connectivity index (χ0v) is 22.2. The summed E-state index contributed by atoms with van der Waals surface area (Å²) in [6.45, 7) is 6.72. The maximum absolute atomic E-state index is 14.2. The quantitative estimate of drug-likeness (QED) is 0.484.